The van der Waals surface area contributed by atoms with E-state index in [0.717, 1.165) is 0 Å². The molecule has 7 nitrogen and oxygen atoms in total. The van der Waals surface area contributed by atoms with Crippen molar-refractivity contribution >= 4 is 38.4 Å². The van der Waals surface area contributed by atoms with Crippen LogP contribution in [-0.4, -0.2) is 23.5 Å². The molecule has 1 N–H and O–H groups in total. The largest absolute Gasteiger partial charge is 0.336 e. The molecule has 3 rings (SSSR count). The van der Waals surface area contributed by atoms with Gasteiger partial charge < -0.3 is 4.52 Å². The van der Waals surface area contributed by atoms with Crippen LogP contribution in [0.15, 0.2) is 40.1 Å². The van der Waals surface area contributed by atoms with Gasteiger partial charge in [0.25, 0.3) is 15.7 Å². The van der Waals surface area contributed by atoms with Crippen LogP contribution >= 0.6 is 11.6 Å². The van der Waals surface area contributed by atoms with Crippen molar-refractivity contribution in [2.45, 2.75) is 11.8 Å². The van der Waals surface area contributed by atoms with Crippen molar-refractivity contribution in [2.75, 3.05) is 4.72 Å². The Morgan fingerprint density at radius 3 is 2.81 bits per heavy atom. The van der Waals surface area contributed by atoms with E-state index >= 15 is 0 Å². The van der Waals surface area contributed by atoms with Crippen molar-refractivity contribution < 1.29 is 12.9 Å². The molecule has 3 heterocycles. The third-order valence-corrected chi connectivity index (χ3v) is 4.31. The monoisotopic (exact) mass is 324 g/mol. The van der Waals surface area contributed by atoms with Crippen LogP contribution in [0.25, 0.3) is 11.1 Å². The summed E-state index contributed by atoms with van der Waals surface area (Å²) in [5, 5.41) is 4.64. The molecule has 21 heavy (non-hydrogen) atoms. The van der Waals surface area contributed by atoms with Gasteiger partial charge in [0.1, 0.15) is 4.90 Å². The van der Waals surface area contributed by atoms with Gasteiger partial charge in [0.2, 0.25) is 0 Å². The molecule has 0 spiro atoms. The third kappa shape index (κ3) is 2.67. The first kappa shape index (κ1) is 13.8. The maximum atomic E-state index is 12.2. The fraction of sp³-hybridized carbons (Fsp3) is 0.0833. The predicted molar refractivity (Wildman–Crippen MR) is 76.6 cm³/mol. The minimum Gasteiger partial charge on any atom is -0.336 e. The van der Waals surface area contributed by atoms with Gasteiger partial charge in [0, 0.05) is 12.4 Å². The summed E-state index contributed by atoms with van der Waals surface area (Å²) in [6.07, 6.45) is 3.92. The molecule has 3 aromatic rings. The van der Waals surface area contributed by atoms with Gasteiger partial charge in [0.05, 0.1) is 28.0 Å². The lowest BCUT2D eigenvalue weighted by Gasteiger charge is -2.07. The highest BCUT2D eigenvalue weighted by atomic mass is 35.5. The average molecular weight is 325 g/mol. The molecule has 9 heteroatoms. The Labute approximate surface area is 125 Å². The number of nitrogens with zero attached hydrogens (tertiary/aromatic N) is 3. The van der Waals surface area contributed by atoms with Gasteiger partial charge >= 0.3 is 0 Å². The smallest absolute Gasteiger partial charge is 0.263 e. The van der Waals surface area contributed by atoms with E-state index in [0.29, 0.717) is 22.5 Å². The molecule has 0 unspecified atom stereocenters. The summed E-state index contributed by atoms with van der Waals surface area (Å²) >= 11 is 5.75. The van der Waals surface area contributed by atoms with E-state index in [1.807, 2.05) is 0 Å². The van der Waals surface area contributed by atoms with E-state index in [1.165, 1.54) is 24.7 Å². The highest BCUT2D eigenvalue weighted by molar-refractivity contribution is 7.92. The van der Waals surface area contributed by atoms with Crippen molar-refractivity contribution in [1.82, 2.24) is 15.1 Å². The third-order valence-electron chi connectivity index (χ3n) is 2.75. The summed E-state index contributed by atoms with van der Waals surface area (Å²) in [6, 6.07) is 2.91. The van der Waals surface area contributed by atoms with Crippen molar-refractivity contribution in [3.05, 3.63) is 41.4 Å². The summed E-state index contributed by atoms with van der Waals surface area (Å²) < 4.78 is 31.9. The van der Waals surface area contributed by atoms with Gasteiger partial charge in [-0.15, -0.1) is 0 Å². The zero-order chi connectivity index (χ0) is 15.0. The minimum atomic E-state index is -3.79. The fourth-order valence-electron chi connectivity index (χ4n) is 1.75. The number of rotatable bonds is 3. The number of anilines is 1. The summed E-state index contributed by atoms with van der Waals surface area (Å²) in [4.78, 5) is 7.73. The summed E-state index contributed by atoms with van der Waals surface area (Å²) in [7, 11) is -3.79. The molecular formula is C12H9ClN4O3S. The summed E-state index contributed by atoms with van der Waals surface area (Å²) in [5.74, 6) is 0. The van der Waals surface area contributed by atoms with Gasteiger partial charge in [-0.1, -0.05) is 16.8 Å². The number of aromatic nitrogens is 3. The SMILES string of the molecule is Cc1noc2ncc(NS(=O)(=O)c3cncc(Cl)c3)cc12. The molecule has 0 saturated carbocycles. The Bertz CT molecular complexity index is 923. The normalized spacial score (nSPS) is 11.7. The number of nitrogens with one attached hydrogen (secondary N) is 1. The van der Waals surface area contributed by atoms with Crippen LogP contribution in [0.1, 0.15) is 5.69 Å². The second kappa shape index (κ2) is 4.97. The molecule has 0 aliphatic rings. The molecule has 0 radical (unpaired) electrons. The van der Waals surface area contributed by atoms with E-state index in [9.17, 15) is 8.42 Å². The number of aryl methyl sites for hydroxylation is 1. The topological polar surface area (TPSA) is 98.0 Å². The highest BCUT2D eigenvalue weighted by Gasteiger charge is 2.16. The lowest BCUT2D eigenvalue weighted by Crippen LogP contribution is -2.13. The summed E-state index contributed by atoms with van der Waals surface area (Å²) in [5.41, 5.74) is 1.27. The average Bonchev–Trinajstić information content (AvgIpc) is 2.80. The Hall–Kier alpha value is -2.19. The highest BCUT2D eigenvalue weighted by Crippen LogP contribution is 2.22. The second-order valence-electron chi connectivity index (χ2n) is 4.29. The summed E-state index contributed by atoms with van der Waals surface area (Å²) in [6.45, 7) is 1.74. The second-order valence-corrected chi connectivity index (χ2v) is 6.41. The van der Waals surface area contributed by atoms with E-state index in [-0.39, 0.29) is 9.92 Å². The van der Waals surface area contributed by atoms with E-state index in [4.69, 9.17) is 16.1 Å². The molecule has 0 aliphatic carbocycles. The van der Waals surface area contributed by atoms with Gasteiger partial charge in [0.15, 0.2) is 0 Å². The lowest BCUT2D eigenvalue weighted by atomic mass is 10.3. The van der Waals surface area contributed by atoms with Crippen LogP contribution in [0, 0.1) is 6.92 Å². The van der Waals surface area contributed by atoms with Crippen LogP contribution < -0.4 is 4.72 Å². The Morgan fingerprint density at radius 2 is 2.05 bits per heavy atom. The van der Waals surface area contributed by atoms with Crippen LogP contribution in [0.4, 0.5) is 5.69 Å². The van der Waals surface area contributed by atoms with Crippen LogP contribution in [0.2, 0.25) is 5.02 Å². The Morgan fingerprint density at radius 1 is 1.24 bits per heavy atom. The minimum absolute atomic E-state index is 0.0304. The molecule has 3 aromatic heterocycles. The molecule has 0 saturated heterocycles. The van der Waals surface area contributed by atoms with Crippen molar-refractivity contribution in [3.8, 4) is 0 Å². The molecule has 0 atom stereocenters. The number of hydrogen-bond donors (Lipinski definition) is 1. The maximum absolute atomic E-state index is 12.2. The quantitative estimate of drug-likeness (QED) is 0.794. The number of hydrogen-bond acceptors (Lipinski definition) is 6. The molecule has 0 aliphatic heterocycles. The van der Waals surface area contributed by atoms with Gasteiger partial charge in [-0.25, -0.2) is 13.4 Å². The van der Waals surface area contributed by atoms with Crippen molar-refractivity contribution in [2.24, 2.45) is 0 Å². The van der Waals surface area contributed by atoms with Crippen LogP contribution in [0.3, 0.4) is 0 Å². The lowest BCUT2D eigenvalue weighted by molar-refractivity contribution is 0.443. The van der Waals surface area contributed by atoms with Gasteiger partial charge in [-0.05, 0) is 19.1 Å². The first-order valence-electron chi connectivity index (χ1n) is 5.81. The van der Waals surface area contributed by atoms with Gasteiger partial charge in [-0.3, -0.25) is 9.71 Å². The zero-order valence-electron chi connectivity index (χ0n) is 10.7. The van der Waals surface area contributed by atoms with Crippen LogP contribution in [0.5, 0.6) is 0 Å². The fourth-order valence-corrected chi connectivity index (χ4v) is 3.01. The van der Waals surface area contributed by atoms with Crippen molar-refractivity contribution in [1.29, 1.82) is 0 Å². The Kier molecular flexibility index (Phi) is 3.26. The number of pyridine rings is 2. The first-order chi connectivity index (χ1) is 9.95. The number of fused-ring (bicyclic) bond motifs is 1. The molecule has 0 bridgehead atoms. The molecule has 108 valence electrons. The maximum Gasteiger partial charge on any atom is 0.263 e. The van der Waals surface area contributed by atoms with Crippen LogP contribution in [-0.2, 0) is 10.0 Å². The molecule has 0 fully saturated rings. The van der Waals surface area contributed by atoms with E-state index < -0.39 is 10.0 Å². The standard InChI is InChI=1S/C12H9ClN4O3S/c1-7-11-3-9(5-15-12(11)20-16-7)17-21(18,19)10-2-8(13)4-14-6-10/h2-6,17H,1H3. The zero-order valence-corrected chi connectivity index (χ0v) is 12.3. The van der Waals surface area contributed by atoms with Crippen molar-refractivity contribution in [3.63, 3.8) is 0 Å². The number of halogens is 1. The number of sulfonamides is 1. The first-order valence-corrected chi connectivity index (χ1v) is 7.67. The molecular weight excluding hydrogens is 316 g/mol. The van der Waals surface area contributed by atoms with E-state index in [2.05, 4.69) is 19.8 Å². The predicted octanol–water partition coefficient (Wildman–Crippen LogP) is 2.38. The molecule has 0 amide bonds. The van der Waals surface area contributed by atoms with E-state index in [1.54, 1.807) is 13.0 Å². The molecule has 0 aromatic carbocycles. The van der Waals surface area contributed by atoms with Gasteiger partial charge in [-0.2, -0.15) is 0 Å². The Balaban J connectivity index is 1.98.